The SMILES string of the molecule is NNC(CCC1CCCCC1)C1CCOC2(CCC2)C1. The summed E-state index contributed by atoms with van der Waals surface area (Å²) >= 11 is 0. The summed E-state index contributed by atoms with van der Waals surface area (Å²) in [6, 6.07) is 0.512. The highest BCUT2D eigenvalue weighted by molar-refractivity contribution is 4.96. The molecule has 1 heterocycles. The Labute approximate surface area is 124 Å². The monoisotopic (exact) mass is 280 g/mol. The van der Waals surface area contributed by atoms with E-state index < -0.39 is 0 Å². The van der Waals surface area contributed by atoms with Crippen LogP contribution in [-0.4, -0.2) is 18.2 Å². The lowest BCUT2D eigenvalue weighted by molar-refractivity contribution is -0.147. The molecule has 0 bridgehead atoms. The maximum absolute atomic E-state index is 6.05. The minimum absolute atomic E-state index is 0.253. The van der Waals surface area contributed by atoms with Crippen LogP contribution in [0.15, 0.2) is 0 Å². The van der Waals surface area contributed by atoms with E-state index in [0.717, 1.165) is 18.4 Å². The van der Waals surface area contributed by atoms with E-state index in [1.807, 2.05) is 0 Å². The van der Waals surface area contributed by atoms with Crippen LogP contribution in [0.2, 0.25) is 0 Å². The van der Waals surface area contributed by atoms with Crippen LogP contribution < -0.4 is 11.3 Å². The standard InChI is InChI=1S/C17H32N2O/c18-19-16(8-7-14-5-2-1-3-6-14)15-9-12-20-17(13-15)10-4-11-17/h14-16,19H,1-13,18H2. The van der Waals surface area contributed by atoms with Crippen molar-refractivity contribution < 1.29 is 4.74 Å². The molecule has 1 spiro atoms. The maximum atomic E-state index is 6.05. The molecule has 2 saturated carbocycles. The molecule has 116 valence electrons. The maximum Gasteiger partial charge on any atom is 0.0685 e. The van der Waals surface area contributed by atoms with E-state index in [4.69, 9.17) is 10.6 Å². The van der Waals surface area contributed by atoms with Crippen LogP contribution in [0.3, 0.4) is 0 Å². The molecule has 2 aliphatic carbocycles. The molecule has 3 heteroatoms. The second kappa shape index (κ2) is 6.76. The van der Waals surface area contributed by atoms with Gasteiger partial charge < -0.3 is 4.74 Å². The zero-order valence-electron chi connectivity index (χ0n) is 12.9. The Balaban J connectivity index is 1.47. The molecule has 3 N–H and O–H groups in total. The lowest BCUT2D eigenvalue weighted by atomic mass is 9.69. The van der Waals surface area contributed by atoms with E-state index in [1.165, 1.54) is 77.0 Å². The second-order valence-corrected chi connectivity index (χ2v) is 7.49. The Kier molecular flexibility index (Phi) is 5.00. The van der Waals surface area contributed by atoms with E-state index in [-0.39, 0.29) is 5.60 Å². The molecule has 1 saturated heterocycles. The number of ether oxygens (including phenoxy) is 1. The Morgan fingerprint density at radius 3 is 2.55 bits per heavy atom. The van der Waals surface area contributed by atoms with Gasteiger partial charge >= 0.3 is 0 Å². The summed E-state index contributed by atoms with van der Waals surface area (Å²) in [5.74, 6) is 7.58. The van der Waals surface area contributed by atoms with Gasteiger partial charge in [-0.1, -0.05) is 32.1 Å². The topological polar surface area (TPSA) is 47.3 Å². The molecule has 20 heavy (non-hydrogen) atoms. The van der Waals surface area contributed by atoms with E-state index >= 15 is 0 Å². The van der Waals surface area contributed by atoms with Crippen molar-refractivity contribution in [1.82, 2.24) is 5.43 Å². The Morgan fingerprint density at radius 1 is 1.10 bits per heavy atom. The first-order valence-corrected chi connectivity index (χ1v) is 8.91. The first-order chi connectivity index (χ1) is 9.81. The molecular weight excluding hydrogens is 248 g/mol. The fraction of sp³-hybridized carbons (Fsp3) is 1.00. The van der Waals surface area contributed by atoms with E-state index in [2.05, 4.69) is 5.43 Å². The molecule has 2 atom stereocenters. The lowest BCUT2D eigenvalue weighted by Crippen LogP contribution is -2.51. The van der Waals surface area contributed by atoms with E-state index in [1.54, 1.807) is 0 Å². The molecule has 0 radical (unpaired) electrons. The number of hydrogen-bond acceptors (Lipinski definition) is 3. The Hall–Kier alpha value is -0.120. The minimum atomic E-state index is 0.253. The fourth-order valence-electron chi connectivity index (χ4n) is 4.67. The lowest BCUT2D eigenvalue weighted by Gasteiger charge is -2.48. The largest absolute Gasteiger partial charge is 0.375 e. The summed E-state index contributed by atoms with van der Waals surface area (Å²) in [6.07, 6.45) is 16.3. The van der Waals surface area contributed by atoms with Gasteiger partial charge in [0.05, 0.1) is 5.60 Å². The number of hydrazine groups is 1. The van der Waals surface area contributed by atoms with Gasteiger partial charge in [0.25, 0.3) is 0 Å². The normalized spacial score (nSPS) is 31.9. The van der Waals surface area contributed by atoms with Gasteiger partial charge in [-0.25, -0.2) is 0 Å². The second-order valence-electron chi connectivity index (χ2n) is 7.49. The first kappa shape index (κ1) is 14.8. The fourth-order valence-corrected chi connectivity index (χ4v) is 4.67. The molecule has 3 aliphatic rings. The van der Waals surface area contributed by atoms with E-state index in [9.17, 15) is 0 Å². The van der Waals surface area contributed by atoms with Gasteiger partial charge in [0.15, 0.2) is 0 Å². The number of nitrogens with two attached hydrogens (primary N) is 1. The van der Waals surface area contributed by atoms with E-state index in [0.29, 0.717) is 6.04 Å². The van der Waals surface area contributed by atoms with Crippen molar-refractivity contribution in [3.8, 4) is 0 Å². The van der Waals surface area contributed by atoms with Crippen LogP contribution in [0.1, 0.15) is 77.0 Å². The van der Waals surface area contributed by atoms with Crippen molar-refractivity contribution in [2.45, 2.75) is 88.7 Å². The highest BCUT2D eigenvalue weighted by Crippen LogP contribution is 2.45. The predicted octanol–water partition coefficient (Wildman–Crippen LogP) is 3.53. The molecule has 3 fully saturated rings. The summed E-state index contributed by atoms with van der Waals surface area (Å²) in [4.78, 5) is 0. The van der Waals surface area contributed by atoms with Crippen molar-refractivity contribution in [3.63, 3.8) is 0 Å². The smallest absolute Gasteiger partial charge is 0.0685 e. The Bertz CT molecular complexity index is 297. The van der Waals surface area contributed by atoms with Crippen LogP contribution in [-0.2, 0) is 4.74 Å². The summed E-state index contributed by atoms with van der Waals surface area (Å²) in [6.45, 7) is 0.951. The quantitative estimate of drug-likeness (QED) is 0.598. The van der Waals surface area contributed by atoms with Crippen molar-refractivity contribution in [2.24, 2.45) is 17.7 Å². The van der Waals surface area contributed by atoms with Crippen molar-refractivity contribution in [2.75, 3.05) is 6.61 Å². The van der Waals surface area contributed by atoms with Gasteiger partial charge in [-0.3, -0.25) is 11.3 Å². The van der Waals surface area contributed by atoms with Crippen LogP contribution in [0, 0.1) is 11.8 Å². The highest BCUT2D eigenvalue weighted by atomic mass is 16.5. The summed E-state index contributed by atoms with van der Waals surface area (Å²) in [5.41, 5.74) is 3.39. The molecule has 2 unspecified atom stereocenters. The zero-order valence-corrected chi connectivity index (χ0v) is 12.9. The first-order valence-electron chi connectivity index (χ1n) is 8.91. The van der Waals surface area contributed by atoms with Crippen LogP contribution in [0.25, 0.3) is 0 Å². The molecule has 3 rings (SSSR count). The summed E-state index contributed by atoms with van der Waals surface area (Å²) < 4.78 is 6.05. The van der Waals surface area contributed by atoms with Gasteiger partial charge in [-0.05, 0) is 56.8 Å². The molecule has 0 amide bonds. The van der Waals surface area contributed by atoms with Gasteiger partial charge in [-0.15, -0.1) is 0 Å². The molecule has 0 aromatic rings. The predicted molar refractivity (Wildman–Crippen MR) is 82.2 cm³/mol. The van der Waals surface area contributed by atoms with Crippen molar-refractivity contribution in [3.05, 3.63) is 0 Å². The molecule has 0 aromatic heterocycles. The molecular formula is C17H32N2O. The third-order valence-electron chi connectivity index (χ3n) is 6.19. The van der Waals surface area contributed by atoms with Gasteiger partial charge in [0.2, 0.25) is 0 Å². The third-order valence-corrected chi connectivity index (χ3v) is 6.19. The molecule has 3 nitrogen and oxygen atoms in total. The molecule has 1 aliphatic heterocycles. The number of nitrogens with one attached hydrogen (secondary N) is 1. The van der Waals surface area contributed by atoms with Gasteiger partial charge in [0, 0.05) is 12.6 Å². The van der Waals surface area contributed by atoms with Crippen LogP contribution >= 0.6 is 0 Å². The number of hydrogen-bond donors (Lipinski definition) is 2. The number of rotatable bonds is 5. The average Bonchev–Trinajstić information content (AvgIpc) is 2.48. The summed E-state index contributed by atoms with van der Waals surface area (Å²) in [5, 5.41) is 0. The van der Waals surface area contributed by atoms with Crippen LogP contribution in [0.5, 0.6) is 0 Å². The van der Waals surface area contributed by atoms with Crippen LogP contribution in [0.4, 0.5) is 0 Å². The third kappa shape index (κ3) is 3.37. The van der Waals surface area contributed by atoms with Gasteiger partial charge in [0.1, 0.15) is 0 Å². The summed E-state index contributed by atoms with van der Waals surface area (Å²) in [7, 11) is 0. The van der Waals surface area contributed by atoms with Crippen molar-refractivity contribution in [1.29, 1.82) is 0 Å². The Morgan fingerprint density at radius 2 is 1.90 bits per heavy atom. The average molecular weight is 280 g/mol. The zero-order chi connectivity index (χ0) is 13.8. The van der Waals surface area contributed by atoms with Gasteiger partial charge in [-0.2, -0.15) is 0 Å². The van der Waals surface area contributed by atoms with Crippen molar-refractivity contribution >= 4 is 0 Å². The molecule has 0 aromatic carbocycles. The highest BCUT2D eigenvalue weighted by Gasteiger charge is 2.44. The minimum Gasteiger partial charge on any atom is -0.375 e.